The standard InChI is InChI=1S/C12H23NO/c1-11(2,3)13-10(14)12(4,5)9-7-6-8-9/h9H,6-8H2,1-5H3,(H,13,14). The van der Waals surface area contributed by atoms with Gasteiger partial charge >= 0.3 is 0 Å². The lowest BCUT2D eigenvalue weighted by atomic mass is 9.66. The Kier molecular flexibility index (Phi) is 2.93. The van der Waals surface area contributed by atoms with Gasteiger partial charge in [0.05, 0.1) is 0 Å². The Bertz CT molecular complexity index is 221. The van der Waals surface area contributed by atoms with E-state index in [0.717, 1.165) is 0 Å². The maximum atomic E-state index is 12.0. The largest absolute Gasteiger partial charge is 0.351 e. The first kappa shape index (κ1) is 11.5. The fourth-order valence-corrected chi connectivity index (χ4v) is 1.82. The Morgan fingerprint density at radius 1 is 1.14 bits per heavy atom. The molecule has 0 spiro atoms. The molecule has 2 nitrogen and oxygen atoms in total. The molecule has 1 amide bonds. The van der Waals surface area contributed by atoms with E-state index in [4.69, 9.17) is 0 Å². The zero-order chi connectivity index (χ0) is 11.0. The Labute approximate surface area is 87.5 Å². The van der Waals surface area contributed by atoms with Gasteiger partial charge in [-0.25, -0.2) is 0 Å². The highest BCUT2D eigenvalue weighted by atomic mass is 16.2. The van der Waals surface area contributed by atoms with Gasteiger partial charge in [-0.1, -0.05) is 20.3 Å². The molecule has 1 rings (SSSR count). The van der Waals surface area contributed by atoms with Crippen molar-refractivity contribution in [3.63, 3.8) is 0 Å². The molecule has 0 aromatic heterocycles. The molecule has 0 bridgehead atoms. The summed E-state index contributed by atoms with van der Waals surface area (Å²) in [5.41, 5.74) is -0.302. The van der Waals surface area contributed by atoms with E-state index in [9.17, 15) is 4.79 Å². The van der Waals surface area contributed by atoms with Crippen LogP contribution in [0.3, 0.4) is 0 Å². The molecular formula is C12H23NO. The van der Waals surface area contributed by atoms with Crippen LogP contribution in [-0.2, 0) is 4.79 Å². The van der Waals surface area contributed by atoms with E-state index in [0.29, 0.717) is 5.92 Å². The second kappa shape index (κ2) is 3.56. The number of carbonyl (C=O) groups is 1. The zero-order valence-corrected chi connectivity index (χ0v) is 10.1. The average Bonchev–Trinajstić information content (AvgIpc) is 1.76. The van der Waals surface area contributed by atoms with E-state index in [-0.39, 0.29) is 16.9 Å². The van der Waals surface area contributed by atoms with E-state index in [1.807, 2.05) is 20.8 Å². The molecule has 0 aromatic carbocycles. The van der Waals surface area contributed by atoms with Crippen molar-refractivity contribution in [3.8, 4) is 0 Å². The molecule has 0 unspecified atom stereocenters. The Morgan fingerprint density at radius 2 is 1.64 bits per heavy atom. The molecule has 2 heteroatoms. The summed E-state index contributed by atoms with van der Waals surface area (Å²) in [5, 5.41) is 3.07. The maximum Gasteiger partial charge on any atom is 0.226 e. The predicted molar refractivity (Wildman–Crippen MR) is 59.0 cm³/mol. The number of hydrogen-bond donors (Lipinski definition) is 1. The second-order valence-corrected chi connectivity index (χ2v) is 6.05. The number of hydrogen-bond acceptors (Lipinski definition) is 1. The van der Waals surface area contributed by atoms with Crippen molar-refractivity contribution in [1.82, 2.24) is 5.32 Å². The van der Waals surface area contributed by atoms with E-state index in [1.54, 1.807) is 0 Å². The summed E-state index contributed by atoms with van der Waals surface area (Å²) in [5.74, 6) is 0.791. The van der Waals surface area contributed by atoms with Gasteiger partial charge in [-0.15, -0.1) is 0 Å². The first-order valence-corrected chi connectivity index (χ1v) is 5.56. The lowest BCUT2D eigenvalue weighted by Gasteiger charge is -2.40. The molecule has 0 aliphatic heterocycles. The summed E-state index contributed by atoms with van der Waals surface area (Å²) < 4.78 is 0. The fourth-order valence-electron chi connectivity index (χ4n) is 1.82. The monoisotopic (exact) mass is 197 g/mol. The van der Waals surface area contributed by atoms with Gasteiger partial charge < -0.3 is 5.32 Å². The summed E-state index contributed by atoms with van der Waals surface area (Å²) in [7, 11) is 0. The Morgan fingerprint density at radius 3 is 1.93 bits per heavy atom. The number of nitrogens with one attached hydrogen (secondary N) is 1. The maximum absolute atomic E-state index is 12.0. The second-order valence-electron chi connectivity index (χ2n) is 6.05. The van der Waals surface area contributed by atoms with Crippen LogP contribution >= 0.6 is 0 Å². The molecule has 0 atom stereocenters. The van der Waals surface area contributed by atoms with Crippen molar-refractivity contribution in [2.24, 2.45) is 11.3 Å². The van der Waals surface area contributed by atoms with Crippen LogP contribution < -0.4 is 5.32 Å². The smallest absolute Gasteiger partial charge is 0.226 e. The third-order valence-corrected chi connectivity index (χ3v) is 3.20. The molecule has 1 aliphatic carbocycles. The highest BCUT2D eigenvalue weighted by Crippen LogP contribution is 2.41. The van der Waals surface area contributed by atoms with Crippen molar-refractivity contribution in [2.45, 2.75) is 59.4 Å². The van der Waals surface area contributed by atoms with Crippen molar-refractivity contribution in [1.29, 1.82) is 0 Å². The van der Waals surface area contributed by atoms with Crippen LogP contribution in [0.1, 0.15) is 53.9 Å². The average molecular weight is 197 g/mol. The van der Waals surface area contributed by atoms with Crippen LogP contribution in [-0.4, -0.2) is 11.4 Å². The highest BCUT2D eigenvalue weighted by molar-refractivity contribution is 5.82. The van der Waals surface area contributed by atoms with Gasteiger partial charge in [0, 0.05) is 11.0 Å². The minimum absolute atomic E-state index is 0.113. The quantitative estimate of drug-likeness (QED) is 0.724. The van der Waals surface area contributed by atoms with Gasteiger partial charge in [-0.05, 0) is 39.5 Å². The molecule has 1 fully saturated rings. The predicted octanol–water partition coefficient (Wildman–Crippen LogP) is 2.73. The van der Waals surface area contributed by atoms with Crippen LogP contribution in [0.4, 0.5) is 0 Å². The molecule has 0 saturated heterocycles. The van der Waals surface area contributed by atoms with Gasteiger partial charge in [-0.2, -0.15) is 0 Å². The van der Waals surface area contributed by atoms with Gasteiger partial charge in [0.2, 0.25) is 5.91 Å². The number of carbonyl (C=O) groups excluding carboxylic acids is 1. The molecule has 82 valence electrons. The summed E-state index contributed by atoms with van der Waals surface area (Å²) in [4.78, 5) is 12.0. The molecule has 1 N–H and O–H groups in total. The van der Waals surface area contributed by atoms with Crippen LogP contribution in [0, 0.1) is 11.3 Å². The highest BCUT2D eigenvalue weighted by Gasteiger charge is 2.40. The minimum Gasteiger partial charge on any atom is -0.351 e. The normalized spacial score (nSPS) is 18.9. The van der Waals surface area contributed by atoms with Gasteiger partial charge in [0.15, 0.2) is 0 Å². The van der Waals surface area contributed by atoms with Crippen LogP contribution in [0.5, 0.6) is 0 Å². The topological polar surface area (TPSA) is 29.1 Å². The van der Waals surface area contributed by atoms with Gasteiger partial charge in [0.1, 0.15) is 0 Å². The van der Waals surface area contributed by atoms with Crippen molar-refractivity contribution in [2.75, 3.05) is 0 Å². The van der Waals surface area contributed by atoms with E-state index in [1.165, 1.54) is 19.3 Å². The van der Waals surface area contributed by atoms with Crippen molar-refractivity contribution in [3.05, 3.63) is 0 Å². The summed E-state index contributed by atoms with van der Waals surface area (Å²) >= 11 is 0. The summed E-state index contributed by atoms with van der Waals surface area (Å²) in [6.45, 7) is 10.2. The minimum atomic E-state index is -0.189. The molecule has 0 radical (unpaired) electrons. The van der Waals surface area contributed by atoms with E-state index in [2.05, 4.69) is 19.2 Å². The first-order chi connectivity index (χ1) is 6.23. The van der Waals surface area contributed by atoms with E-state index >= 15 is 0 Å². The van der Waals surface area contributed by atoms with Crippen LogP contribution in [0.25, 0.3) is 0 Å². The SMILES string of the molecule is CC(C)(C)NC(=O)C(C)(C)C1CCC1. The molecular weight excluding hydrogens is 174 g/mol. The first-order valence-electron chi connectivity index (χ1n) is 5.56. The number of amides is 1. The molecule has 14 heavy (non-hydrogen) atoms. The Balaban J connectivity index is 2.58. The van der Waals surface area contributed by atoms with Crippen LogP contribution in [0.2, 0.25) is 0 Å². The molecule has 1 saturated carbocycles. The molecule has 0 heterocycles. The summed E-state index contributed by atoms with van der Waals surface area (Å²) in [6.07, 6.45) is 3.71. The third kappa shape index (κ3) is 2.49. The third-order valence-electron chi connectivity index (χ3n) is 3.20. The molecule has 1 aliphatic rings. The lowest BCUT2D eigenvalue weighted by molar-refractivity contribution is -0.135. The van der Waals surface area contributed by atoms with E-state index < -0.39 is 0 Å². The lowest BCUT2D eigenvalue weighted by Crippen LogP contribution is -2.50. The van der Waals surface area contributed by atoms with Crippen LogP contribution in [0.15, 0.2) is 0 Å². The van der Waals surface area contributed by atoms with Gasteiger partial charge in [0.25, 0.3) is 0 Å². The van der Waals surface area contributed by atoms with Gasteiger partial charge in [-0.3, -0.25) is 4.79 Å². The number of rotatable bonds is 2. The zero-order valence-electron chi connectivity index (χ0n) is 10.1. The van der Waals surface area contributed by atoms with Crippen molar-refractivity contribution >= 4 is 5.91 Å². The van der Waals surface area contributed by atoms with Crippen molar-refractivity contribution < 1.29 is 4.79 Å². The molecule has 0 aromatic rings. The summed E-state index contributed by atoms with van der Waals surface area (Å²) in [6, 6.07) is 0. The fraction of sp³-hybridized carbons (Fsp3) is 0.917. The Hall–Kier alpha value is -0.530.